The molecule has 5 heteroatoms. The molecule has 2 N–H and O–H groups in total. The maximum Gasteiger partial charge on any atom is 0.0720 e. The van der Waals surface area contributed by atoms with E-state index >= 15 is 0 Å². The van der Waals surface area contributed by atoms with Crippen molar-refractivity contribution in [3.05, 3.63) is 42.2 Å². The van der Waals surface area contributed by atoms with Crippen LogP contribution in [0.1, 0.15) is 5.56 Å². The molecule has 0 unspecified atom stereocenters. The van der Waals surface area contributed by atoms with Crippen LogP contribution in [0.2, 0.25) is 0 Å². The van der Waals surface area contributed by atoms with Crippen molar-refractivity contribution in [1.29, 1.82) is 0 Å². The van der Waals surface area contributed by atoms with Gasteiger partial charge in [0.2, 0.25) is 0 Å². The number of nitrogens with two attached hydrogens (primary N) is 1. The second-order valence-corrected chi connectivity index (χ2v) is 3.10. The van der Waals surface area contributed by atoms with E-state index in [1.54, 1.807) is 10.9 Å². The number of nitrogens with zero attached hydrogens (tertiary/aromatic N) is 3. The highest BCUT2D eigenvalue weighted by Crippen LogP contribution is 2.13. The van der Waals surface area contributed by atoms with E-state index in [1.165, 1.54) is 0 Å². The normalized spacial score (nSPS) is 10.5. The zero-order valence-electron chi connectivity index (χ0n) is 8.21. The molecule has 0 spiro atoms. The summed E-state index contributed by atoms with van der Waals surface area (Å²) in [5, 5.41) is 7.73. The quantitative estimate of drug-likeness (QED) is 0.744. The Hall–Kier alpha value is -1.72. The molecule has 1 aromatic heterocycles. The number of aromatic nitrogens is 3. The van der Waals surface area contributed by atoms with Crippen LogP contribution in [0.4, 0.5) is 0 Å². The molecule has 0 aliphatic rings. The van der Waals surface area contributed by atoms with Gasteiger partial charge in [-0.1, -0.05) is 23.4 Å². The Morgan fingerprint density at radius 3 is 2.93 bits per heavy atom. The summed E-state index contributed by atoms with van der Waals surface area (Å²) < 4.78 is 1.73. The van der Waals surface area contributed by atoms with Crippen LogP contribution in [0.3, 0.4) is 0 Å². The average Bonchev–Trinajstić information content (AvgIpc) is 2.80. The molecule has 0 amide bonds. The molecule has 0 aliphatic heterocycles. The summed E-state index contributed by atoms with van der Waals surface area (Å²) in [6.45, 7) is 0.492. The van der Waals surface area contributed by atoms with Gasteiger partial charge in [-0.3, -0.25) is 0 Å². The van der Waals surface area contributed by atoms with Gasteiger partial charge < -0.3 is 4.84 Å². The zero-order chi connectivity index (χ0) is 10.5. The molecule has 5 nitrogen and oxygen atoms in total. The predicted molar refractivity (Wildman–Crippen MR) is 55.2 cm³/mol. The molecule has 2 aromatic rings. The fourth-order valence-corrected chi connectivity index (χ4v) is 1.45. The van der Waals surface area contributed by atoms with E-state index in [1.807, 2.05) is 30.5 Å². The minimum absolute atomic E-state index is 0.492. The summed E-state index contributed by atoms with van der Waals surface area (Å²) in [7, 11) is 0. The maximum absolute atomic E-state index is 5.01. The van der Waals surface area contributed by atoms with Crippen molar-refractivity contribution < 1.29 is 4.84 Å². The van der Waals surface area contributed by atoms with Crippen LogP contribution in [0.5, 0.6) is 0 Å². The fraction of sp³-hybridized carbons (Fsp3) is 0.200. The summed E-state index contributed by atoms with van der Waals surface area (Å²) in [6, 6.07) is 7.95. The first-order chi connectivity index (χ1) is 7.42. The van der Waals surface area contributed by atoms with Crippen LogP contribution >= 0.6 is 0 Å². The van der Waals surface area contributed by atoms with Crippen molar-refractivity contribution in [2.75, 3.05) is 6.61 Å². The average molecular weight is 204 g/mol. The van der Waals surface area contributed by atoms with Crippen molar-refractivity contribution in [3.8, 4) is 5.69 Å². The van der Waals surface area contributed by atoms with Crippen molar-refractivity contribution in [3.63, 3.8) is 0 Å². The van der Waals surface area contributed by atoms with Gasteiger partial charge in [-0.25, -0.2) is 10.6 Å². The zero-order valence-corrected chi connectivity index (χ0v) is 8.21. The standard InChI is InChI=1S/C10H12N4O/c11-15-8-5-9-3-1-2-4-10(9)14-7-6-12-13-14/h1-4,6-7H,5,8,11H2. The van der Waals surface area contributed by atoms with Crippen LogP contribution in [-0.2, 0) is 11.3 Å². The number of rotatable bonds is 4. The Balaban J connectivity index is 2.30. The maximum atomic E-state index is 5.01. The molecule has 0 atom stereocenters. The van der Waals surface area contributed by atoms with Crippen molar-refractivity contribution in [2.45, 2.75) is 6.42 Å². The van der Waals surface area contributed by atoms with E-state index in [2.05, 4.69) is 15.1 Å². The molecule has 0 saturated carbocycles. The summed E-state index contributed by atoms with van der Waals surface area (Å²) >= 11 is 0. The first-order valence-corrected chi connectivity index (χ1v) is 4.68. The lowest BCUT2D eigenvalue weighted by Gasteiger charge is -2.07. The van der Waals surface area contributed by atoms with Gasteiger partial charge in [0.1, 0.15) is 0 Å². The minimum atomic E-state index is 0.492. The number of hydrogen-bond donors (Lipinski definition) is 1. The molecule has 0 bridgehead atoms. The molecule has 1 heterocycles. The third-order valence-corrected chi connectivity index (χ3v) is 2.15. The van der Waals surface area contributed by atoms with Gasteiger partial charge in [0, 0.05) is 0 Å². The summed E-state index contributed by atoms with van der Waals surface area (Å²) in [5.41, 5.74) is 2.14. The van der Waals surface area contributed by atoms with Crippen LogP contribution in [0, 0.1) is 0 Å². The van der Waals surface area contributed by atoms with Gasteiger partial charge in [0.15, 0.2) is 0 Å². The van der Waals surface area contributed by atoms with Crippen molar-refractivity contribution in [1.82, 2.24) is 15.0 Å². The van der Waals surface area contributed by atoms with Crippen LogP contribution in [0.15, 0.2) is 36.7 Å². The Labute approximate surface area is 87.4 Å². The minimum Gasteiger partial charge on any atom is -0.304 e. The van der Waals surface area contributed by atoms with E-state index in [-0.39, 0.29) is 0 Å². The largest absolute Gasteiger partial charge is 0.304 e. The topological polar surface area (TPSA) is 66.0 Å². The van der Waals surface area contributed by atoms with E-state index in [4.69, 9.17) is 5.90 Å². The predicted octanol–water partition coefficient (Wildman–Crippen LogP) is 0.700. The highest BCUT2D eigenvalue weighted by atomic mass is 16.6. The number of benzene rings is 1. The molecule has 78 valence electrons. The van der Waals surface area contributed by atoms with E-state index in [9.17, 15) is 0 Å². The summed E-state index contributed by atoms with van der Waals surface area (Å²) in [5.74, 6) is 5.01. The second-order valence-electron chi connectivity index (χ2n) is 3.10. The monoisotopic (exact) mass is 204 g/mol. The smallest absolute Gasteiger partial charge is 0.0720 e. The van der Waals surface area contributed by atoms with Crippen molar-refractivity contribution in [2.24, 2.45) is 5.90 Å². The Kier molecular flexibility index (Phi) is 3.06. The Morgan fingerprint density at radius 1 is 1.33 bits per heavy atom. The van der Waals surface area contributed by atoms with Gasteiger partial charge in [0.25, 0.3) is 0 Å². The first kappa shape index (κ1) is 9.82. The Bertz CT molecular complexity index is 413. The molecular formula is C10H12N4O. The van der Waals surface area contributed by atoms with Crippen molar-refractivity contribution >= 4 is 0 Å². The third kappa shape index (κ3) is 2.20. The van der Waals surface area contributed by atoms with Gasteiger partial charge in [-0.05, 0) is 18.1 Å². The lowest BCUT2D eigenvalue weighted by molar-refractivity contribution is 0.141. The molecule has 15 heavy (non-hydrogen) atoms. The highest BCUT2D eigenvalue weighted by Gasteiger charge is 2.03. The number of para-hydroxylation sites is 1. The Morgan fingerprint density at radius 2 is 2.20 bits per heavy atom. The lowest BCUT2D eigenvalue weighted by atomic mass is 10.1. The summed E-state index contributed by atoms with van der Waals surface area (Å²) in [4.78, 5) is 4.57. The van der Waals surface area contributed by atoms with Gasteiger partial charge in [0.05, 0.1) is 24.7 Å². The lowest BCUT2D eigenvalue weighted by Crippen LogP contribution is -2.07. The van der Waals surface area contributed by atoms with Crippen LogP contribution < -0.4 is 5.90 Å². The fourth-order valence-electron chi connectivity index (χ4n) is 1.45. The third-order valence-electron chi connectivity index (χ3n) is 2.15. The molecular weight excluding hydrogens is 192 g/mol. The molecule has 0 aliphatic carbocycles. The van der Waals surface area contributed by atoms with Gasteiger partial charge in [-0.2, -0.15) is 0 Å². The second kappa shape index (κ2) is 4.68. The van der Waals surface area contributed by atoms with Gasteiger partial charge in [-0.15, -0.1) is 5.10 Å². The van der Waals surface area contributed by atoms with Crippen LogP contribution in [0.25, 0.3) is 5.69 Å². The molecule has 0 saturated heterocycles. The molecule has 0 radical (unpaired) electrons. The van der Waals surface area contributed by atoms with E-state index < -0.39 is 0 Å². The SMILES string of the molecule is NOCCc1ccccc1-n1ccnn1. The van der Waals surface area contributed by atoms with Gasteiger partial charge >= 0.3 is 0 Å². The van der Waals surface area contributed by atoms with E-state index in [0.717, 1.165) is 17.7 Å². The van der Waals surface area contributed by atoms with Crippen LogP contribution in [-0.4, -0.2) is 21.6 Å². The molecule has 2 rings (SSSR count). The first-order valence-electron chi connectivity index (χ1n) is 4.68. The van der Waals surface area contributed by atoms with E-state index in [0.29, 0.717) is 6.61 Å². The highest BCUT2D eigenvalue weighted by molar-refractivity contribution is 5.39. The summed E-state index contributed by atoms with van der Waals surface area (Å²) in [6.07, 6.45) is 4.21. The molecule has 1 aromatic carbocycles. The molecule has 0 fully saturated rings. The number of hydrogen-bond acceptors (Lipinski definition) is 4.